The summed E-state index contributed by atoms with van der Waals surface area (Å²) in [6, 6.07) is 5.53. The molecule has 0 aromatic heterocycles. The largest absolute Gasteiger partial charge is 0.469 e. The molecule has 1 N–H and O–H groups in total. The van der Waals surface area contributed by atoms with Crippen LogP contribution in [0.4, 0.5) is 5.69 Å². The summed E-state index contributed by atoms with van der Waals surface area (Å²) in [5.41, 5.74) is 0.882. The van der Waals surface area contributed by atoms with Gasteiger partial charge in [-0.1, -0.05) is 11.6 Å². The summed E-state index contributed by atoms with van der Waals surface area (Å²) in [4.78, 5) is 10.8. The molecule has 0 atom stereocenters. The van der Waals surface area contributed by atoms with Crippen molar-refractivity contribution in [2.45, 2.75) is 6.42 Å². The van der Waals surface area contributed by atoms with Crippen molar-refractivity contribution in [3.05, 3.63) is 27.7 Å². The lowest BCUT2D eigenvalue weighted by Gasteiger charge is -2.06. The molecule has 0 saturated heterocycles. The Morgan fingerprint density at radius 1 is 1.60 bits per heavy atom. The standard InChI is InChI=1S/C10H11BrClNO2/c1-15-10(14)4-5-13-7-2-3-8(11)9(12)6-7/h2-3,6,13H,4-5H2,1H3. The molecule has 1 rings (SSSR count). The summed E-state index contributed by atoms with van der Waals surface area (Å²) < 4.78 is 5.37. The molecule has 1 aromatic rings. The summed E-state index contributed by atoms with van der Waals surface area (Å²) in [5.74, 6) is -0.231. The van der Waals surface area contributed by atoms with Crippen molar-refractivity contribution < 1.29 is 9.53 Å². The number of methoxy groups -OCH3 is 1. The third-order valence-electron chi connectivity index (χ3n) is 1.81. The third-order valence-corrected chi connectivity index (χ3v) is 3.04. The summed E-state index contributed by atoms with van der Waals surface area (Å²) in [5, 5.41) is 3.71. The molecule has 5 heteroatoms. The lowest BCUT2D eigenvalue weighted by molar-refractivity contribution is -0.140. The van der Waals surface area contributed by atoms with E-state index < -0.39 is 0 Å². The van der Waals surface area contributed by atoms with Gasteiger partial charge in [-0.2, -0.15) is 0 Å². The average molecular weight is 293 g/mol. The van der Waals surface area contributed by atoms with Crippen LogP contribution in [-0.2, 0) is 9.53 Å². The Morgan fingerprint density at radius 3 is 2.93 bits per heavy atom. The fraction of sp³-hybridized carbons (Fsp3) is 0.300. The van der Waals surface area contributed by atoms with Gasteiger partial charge in [-0.3, -0.25) is 4.79 Å². The van der Waals surface area contributed by atoms with Gasteiger partial charge < -0.3 is 10.1 Å². The first-order valence-electron chi connectivity index (χ1n) is 4.39. The molecule has 3 nitrogen and oxygen atoms in total. The van der Waals surface area contributed by atoms with E-state index in [2.05, 4.69) is 26.0 Å². The van der Waals surface area contributed by atoms with Crippen LogP contribution in [0.2, 0.25) is 5.02 Å². The lowest BCUT2D eigenvalue weighted by Crippen LogP contribution is -2.09. The smallest absolute Gasteiger partial charge is 0.307 e. The number of hydrogen-bond donors (Lipinski definition) is 1. The van der Waals surface area contributed by atoms with Crippen molar-refractivity contribution in [2.24, 2.45) is 0 Å². The number of hydrogen-bond acceptors (Lipinski definition) is 3. The van der Waals surface area contributed by atoms with Gasteiger partial charge in [0.25, 0.3) is 0 Å². The topological polar surface area (TPSA) is 38.3 Å². The fourth-order valence-electron chi connectivity index (χ4n) is 1.02. The van der Waals surface area contributed by atoms with Crippen molar-refractivity contribution in [3.8, 4) is 0 Å². The number of ether oxygens (including phenoxy) is 1. The highest BCUT2D eigenvalue weighted by Crippen LogP contribution is 2.25. The minimum Gasteiger partial charge on any atom is -0.469 e. The molecule has 0 saturated carbocycles. The monoisotopic (exact) mass is 291 g/mol. The second-order valence-corrected chi connectivity index (χ2v) is 4.14. The number of rotatable bonds is 4. The number of anilines is 1. The van der Waals surface area contributed by atoms with Crippen molar-refractivity contribution >= 4 is 39.2 Å². The second kappa shape index (κ2) is 5.98. The minimum atomic E-state index is -0.231. The number of carbonyl (C=O) groups is 1. The first-order chi connectivity index (χ1) is 7.13. The number of halogens is 2. The quantitative estimate of drug-likeness (QED) is 0.867. The van der Waals surface area contributed by atoms with Crippen LogP contribution in [0.3, 0.4) is 0 Å². The van der Waals surface area contributed by atoms with Gasteiger partial charge in [0.2, 0.25) is 0 Å². The first kappa shape index (κ1) is 12.3. The van der Waals surface area contributed by atoms with Crippen LogP contribution in [0.5, 0.6) is 0 Å². The van der Waals surface area contributed by atoms with Gasteiger partial charge in [0.05, 0.1) is 18.6 Å². The van der Waals surface area contributed by atoms with Gasteiger partial charge >= 0.3 is 5.97 Å². The summed E-state index contributed by atoms with van der Waals surface area (Å²) in [6.07, 6.45) is 0.337. The van der Waals surface area contributed by atoms with Crippen LogP contribution < -0.4 is 5.32 Å². The summed E-state index contributed by atoms with van der Waals surface area (Å²) >= 11 is 9.20. The van der Waals surface area contributed by atoms with Gasteiger partial charge in [0.15, 0.2) is 0 Å². The van der Waals surface area contributed by atoms with Crippen LogP contribution >= 0.6 is 27.5 Å². The highest BCUT2D eigenvalue weighted by atomic mass is 79.9. The lowest BCUT2D eigenvalue weighted by atomic mass is 10.3. The predicted octanol–water partition coefficient (Wildman–Crippen LogP) is 3.08. The normalized spacial score (nSPS) is 9.80. The molecule has 0 spiro atoms. The Bertz CT molecular complexity index is 357. The molecule has 0 aliphatic rings. The van der Waals surface area contributed by atoms with Crippen molar-refractivity contribution in [1.29, 1.82) is 0 Å². The number of benzene rings is 1. The molecule has 0 bridgehead atoms. The zero-order valence-electron chi connectivity index (χ0n) is 8.22. The van der Waals surface area contributed by atoms with Gasteiger partial charge in [0.1, 0.15) is 0 Å². The molecule has 82 valence electrons. The molecular formula is C10H11BrClNO2. The van der Waals surface area contributed by atoms with Crippen LogP contribution in [0, 0.1) is 0 Å². The SMILES string of the molecule is COC(=O)CCNc1ccc(Br)c(Cl)c1. The highest BCUT2D eigenvalue weighted by molar-refractivity contribution is 9.10. The zero-order valence-corrected chi connectivity index (χ0v) is 10.6. The van der Waals surface area contributed by atoms with Crippen molar-refractivity contribution in [3.63, 3.8) is 0 Å². The van der Waals surface area contributed by atoms with E-state index in [0.29, 0.717) is 18.0 Å². The molecule has 1 aromatic carbocycles. The van der Waals surface area contributed by atoms with Crippen LogP contribution in [-0.4, -0.2) is 19.6 Å². The van der Waals surface area contributed by atoms with E-state index in [1.54, 1.807) is 6.07 Å². The first-order valence-corrected chi connectivity index (χ1v) is 5.56. The highest BCUT2D eigenvalue weighted by Gasteiger charge is 2.01. The Balaban J connectivity index is 2.44. The molecule has 0 aliphatic heterocycles. The van der Waals surface area contributed by atoms with Crippen molar-refractivity contribution in [2.75, 3.05) is 19.0 Å². The maximum Gasteiger partial charge on any atom is 0.307 e. The fourth-order valence-corrected chi connectivity index (χ4v) is 1.44. The number of esters is 1. The third kappa shape index (κ3) is 4.10. The van der Waals surface area contributed by atoms with E-state index in [1.165, 1.54) is 7.11 Å². The maximum absolute atomic E-state index is 10.8. The average Bonchev–Trinajstić information content (AvgIpc) is 2.23. The van der Waals surface area contributed by atoms with Gasteiger partial charge in [-0.05, 0) is 34.1 Å². The minimum absolute atomic E-state index is 0.231. The molecule has 0 heterocycles. The van der Waals surface area contributed by atoms with E-state index in [4.69, 9.17) is 11.6 Å². The number of carbonyl (C=O) groups excluding carboxylic acids is 1. The Hall–Kier alpha value is -0.740. The molecule has 0 fully saturated rings. The predicted molar refractivity (Wildman–Crippen MR) is 64.3 cm³/mol. The summed E-state index contributed by atoms with van der Waals surface area (Å²) in [6.45, 7) is 0.532. The second-order valence-electron chi connectivity index (χ2n) is 2.88. The zero-order chi connectivity index (χ0) is 11.3. The molecule has 0 amide bonds. The van der Waals surface area contributed by atoms with E-state index in [-0.39, 0.29) is 5.97 Å². The molecule has 0 aliphatic carbocycles. The van der Waals surface area contributed by atoms with Gasteiger partial charge in [-0.15, -0.1) is 0 Å². The van der Waals surface area contributed by atoms with Gasteiger partial charge in [-0.25, -0.2) is 0 Å². The van der Waals surface area contributed by atoms with E-state index in [0.717, 1.165) is 10.2 Å². The summed E-state index contributed by atoms with van der Waals surface area (Å²) in [7, 11) is 1.37. The van der Waals surface area contributed by atoms with E-state index in [1.807, 2.05) is 12.1 Å². The van der Waals surface area contributed by atoms with Crippen LogP contribution in [0.1, 0.15) is 6.42 Å². The van der Waals surface area contributed by atoms with Crippen LogP contribution in [0.15, 0.2) is 22.7 Å². The number of nitrogens with one attached hydrogen (secondary N) is 1. The Kier molecular flexibility index (Phi) is 4.91. The molecule has 0 radical (unpaired) electrons. The van der Waals surface area contributed by atoms with E-state index >= 15 is 0 Å². The maximum atomic E-state index is 10.8. The van der Waals surface area contributed by atoms with Crippen LogP contribution in [0.25, 0.3) is 0 Å². The van der Waals surface area contributed by atoms with Crippen molar-refractivity contribution in [1.82, 2.24) is 0 Å². The molecule has 15 heavy (non-hydrogen) atoms. The Morgan fingerprint density at radius 2 is 2.33 bits per heavy atom. The Labute approximate surface area is 102 Å². The molecular weight excluding hydrogens is 281 g/mol. The van der Waals surface area contributed by atoms with Gasteiger partial charge in [0, 0.05) is 16.7 Å². The molecule has 0 unspecified atom stereocenters. The van der Waals surface area contributed by atoms with E-state index in [9.17, 15) is 4.79 Å².